The van der Waals surface area contributed by atoms with E-state index in [-0.39, 0.29) is 12.5 Å². The summed E-state index contributed by atoms with van der Waals surface area (Å²) < 4.78 is 0.920. The van der Waals surface area contributed by atoms with Crippen LogP contribution in [-0.2, 0) is 4.79 Å². The Balaban J connectivity index is 2.69. The number of carbonyl (C=O) groups is 2. The predicted octanol–water partition coefficient (Wildman–Crippen LogP) is 3.05. The SMILES string of the molecule is CCC(C)(CNC(=O)c1cc(C)c(Br)s1)C(=O)O. The highest BCUT2D eigenvalue weighted by Gasteiger charge is 2.31. The van der Waals surface area contributed by atoms with Crippen LogP contribution in [-0.4, -0.2) is 23.5 Å². The molecule has 1 amide bonds. The molecule has 1 aromatic rings. The van der Waals surface area contributed by atoms with Gasteiger partial charge in [-0.2, -0.15) is 0 Å². The lowest BCUT2D eigenvalue weighted by Gasteiger charge is -2.22. The third-order valence-corrected chi connectivity index (χ3v) is 5.15. The summed E-state index contributed by atoms with van der Waals surface area (Å²) in [5.41, 5.74) is 0.0841. The Morgan fingerprint density at radius 3 is 2.56 bits per heavy atom. The minimum absolute atomic E-state index is 0.131. The monoisotopic (exact) mass is 333 g/mol. The number of carboxylic acid groups (broad SMARTS) is 1. The third kappa shape index (κ3) is 3.32. The number of rotatable bonds is 5. The molecule has 0 saturated carbocycles. The van der Waals surface area contributed by atoms with E-state index in [9.17, 15) is 9.59 Å². The average molecular weight is 334 g/mol. The van der Waals surface area contributed by atoms with Gasteiger partial charge >= 0.3 is 5.97 Å². The van der Waals surface area contributed by atoms with Gasteiger partial charge in [0, 0.05) is 6.54 Å². The van der Waals surface area contributed by atoms with Gasteiger partial charge in [0.15, 0.2) is 0 Å². The number of hydrogen-bond acceptors (Lipinski definition) is 3. The van der Waals surface area contributed by atoms with Crippen molar-refractivity contribution < 1.29 is 14.7 Å². The van der Waals surface area contributed by atoms with Crippen molar-refractivity contribution in [2.75, 3.05) is 6.54 Å². The first kappa shape index (κ1) is 15.2. The Bertz CT molecular complexity index is 452. The largest absolute Gasteiger partial charge is 0.481 e. The van der Waals surface area contributed by atoms with Gasteiger partial charge in [-0.05, 0) is 47.8 Å². The van der Waals surface area contributed by atoms with Gasteiger partial charge in [0.25, 0.3) is 5.91 Å². The maximum Gasteiger partial charge on any atom is 0.311 e. The summed E-state index contributed by atoms with van der Waals surface area (Å²) in [6.07, 6.45) is 0.468. The van der Waals surface area contributed by atoms with Gasteiger partial charge in [-0.25, -0.2) is 0 Å². The van der Waals surface area contributed by atoms with E-state index in [0.717, 1.165) is 9.35 Å². The van der Waals surface area contributed by atoms with E-state index in [2.05, 4.69) is 21.2 Å². The van der Waals surface area contributed by atoms with Gasteiger partial charge in [-0.15, -0.1) is 11.3 Å². The summed E-state index contributed by atoms with van der Waals surface area (Å²) in [6, 6.07) is 1.79. The molecular formula is C12H16BrNO3S. The van der Waals surface area contributed by atoms with Crippen molar-refractivity contribution in [2.45, 2.75) is 27.2 Å². The first-order valence-corrected chi connectivity index (χ1v) is 7.18. The van der Waals surface area contributed by atoms with Crippen LogP contribution >= 0.6 is 27.3 Å². The van der Waals surface area contributed by atoms with Crippen LogP contribution in [0.25, 0.3) is 0 Å². The number of carbonyl (C=O) groups excluding carboxylic acids is 1. The second-order valence-corrected chi connectivity index (χ2v) is 6.84. The zero-order chi connectivity index (χ0) is 13.9. The van der Waals surface area contributed by atoms with Crippen molar-refractivity contribution >= 4 is 39.1 Å². The minimum Gasteiger partial charge on any atom is -0.481 e. The van der Waals surface area contributed by atoms with Crippen LogP contribution in [0.1, 0.15) is 35.5 Å². The lowest BCUT2D eigenvalue weighted by atomic mass is 9.88. The molecule has 1 rings (SSSR count). The van der Waals surface area contributed by atoms with Crippen LogP contribution in [0.2, 0.25) is 0 Å². The van der Waals surface area contributed by atoms with E-state index in [0.29, 0.717) is 11.3 Å². The number of halogens is 1. The normalized spacial score (nSPS) is 14.0. The molecule has 1 heterocycles. The van der Waals surface area contributed by atoms with Gasteiger partial charge in [0.1, 0.15) is 0 Å². The summed E-state index contributed by atoms with van der Waals surface area (Å²) in [7, 11) is 0. The molecule has 0 aromatic carbocycles. The van der Waals surface area contributed by atoms with Crippen molar-refractivity contribution in [1.82, 2.24) is 5.32 Å². The summed E-state index contributed by atoms with van der Waals surface area (Å²) in [6.45, 7) is 5.47. The number of hydrogen-bond donors (Lipinski definition) is 2. The molecule has 0 aliphatic rings. The fraction of sp³-hybridized carbons (Fsp3) is 0.500. The third-order valence-electron chi connectivity index (χ3n) is 3.02. The zero-order valence-corrected chi connectivity index (χ0v) is 12.9. The highest BCUT2D eigenvalue weighted by molar-refractivity contribution is 9.11. The molecule has 100 valence electrons. The number of nitrogens with one attached hydrogen (secondary N) is 1. The summed E-state index contributed by atoms with van der Waals surface area (Å²) >= 11 is 4.70. The molecule has 0 aliphatic heterocycles. The standard InChI is InChI=1S/C12H16BrNO3S/c1-4-12(3,11(16)17)6-14-10(15)8-5-7(2)9(13)18-8/h5H,4,6H2,1-3H3,(H,14,15)(H,16,17). The first-order valence-electron chi connectivity index (χ1n) is 5.57. The fourth-order valence-electron chi connectivity index (χ4n) is 1.29. The Hall–Kier alpha value is -0.880. The van der Waals surface area contributed by atoms with Crippen molar-refractivity contribution in [2.24, 2.45) is 5.41 Å². The van der Waals surface area contributed by atoms with Crippen molar-refractivity contribution in [3.8, 4) is 0 Å². The second kappa shape index (κ2) is 5.84. The lowest BCUT2D eigenvalue weighted by Crippen LogP contribution is -2.40. The van der Waals surface area contributed by atoms with Crippen LogP contribution in [0.15, 0.2) is 9.85 Å². The summed E-state index contributed by atoms with van der Waals surface area (Å²) in [4.78, 5) is 23.6. The Morgan fingerprint density at radius 1 is 1.56 bits per heavy atom. The van der Waals surface area contributed by atoms with E-state index < -0.39 is 11.4 Å². The molecule has 0 fully saturated rings. The molecule has 0 spiro atoms. The maximum absolute atomic E-state index is 11.9. The van der Waals surface area contributed by atoms with Crippen molar-refractivity contribution in [1.29, 1.82) is 0 Å². The number of thiophene rings is 1. The van der Waals surface area contributed by atoms with E-state index in [1.165, 1.54) is 11.3 Å². The van der Waals surface area contributed by atoms with Crippen LogP contribution in [0.4, 0.5) is 0 Å². The quantitative estimate of drug-likeness (QED) is 0.870. The minimum atomic E-state index is -0.917. The molecule has 18 heavy (non-hydrogen) atoms. The van der Waals surface area contributed by atoms with Crippen molar-refractivity contribution in [3.05, 3.63) is 20.3 Å². The molecule has 1 unspecified atom stereocenters. The van der Waals surface area contributed by atoms with Crippen LogP contribution in [0, 0.1) is 12.3 Å². The Labute approximate surface area is 119 Å². The highest BCUT2D eigenvalue weighted by atomic mass is 79.9. The predicted molar refractivity (Wildman–Crippen MR) is 75.1 cm³/mol. The average Bonchev–Trinajstić information content (AvgIpc) is 2.66. The summed E-state index contributed by atoms with van der Waals surface area (Å²) in [5.74, 6) is -1.12. The molecule has 1 aromatic heterocycles. The molecule has 6 heteroatoms. The van der Waals surface area contributed by atoms with Gasteiger partial charge in [0.2, 0.25) is 0 Å². The lowest BCUT2D eigenvalue weighted by molar-refractivity contribution is -0.147. The maximum atomic E-state index is 11.9. The van der Waals surface area contributed by atoms with Gasteiger partial charge in [-0.1, -0.05) is 6.92 Å². The molecule has 0 saturated heterocycles. The van der Waals surface area contributed by atoms with Gasteiger partial charge in [-0.3, -0.25) is 9.59 Å². The van der Waals surface area contributed by atoms with E-state index >= 15 is 0 Å². The Kier molecular flexibility index (Phi) is 4.92. The molecule has 1 atom stereocenters. The topological polar surface area (TPSA) is 66.4 Å². The van der Waals surface area contributed by atoms with Gasteiger partial charge in [0.05, 0.1) is 14.1 Å². The molecule has 0 bridgehead atoms. The van der Waals surface area contributed by atoms with E-state index in [1.807, 2.05) is 6.92 Å². The summed E-state index contributed by atoms with van der Waals surface area (Å²) in [5, 5.41) is 11.8. The number of amides is 1. The van der Waals surface area contributed by atoms with Crippen molar-refractivity contribution in [3.63, 3.8) is 0 Å². The molecule has 4 nitrogen and oxygen atoms in total. The number of aliphatic carboxylic acids is 1. The number of aryl methyl sites for hydroxylation is 1. The fourth-order valence-corrected chi connectivity index (χ4v) is 2.74. The van der Waals surface area contributed by atoms with E-state index in [4.69, 9.17) is 5.11 Å². The van der Waals surface area contributed by atoms with Crippen LogP contribution in [0.3, 0.4) is 0 Å². The first-order chi connectivity index (χ1) is 8.30. The Morgan fingerprint density at radius 2 is 2.17 bits per heavy atom. The molecule has 0 aliphatic carbocycles. The second-order valence-electron chi connectivity index (χ2n) is 4.47. The number of carboxylic acids is 1. The van der Waals surface area contributed by atoms with E-state index in [1.54, 1.807) is 19.9 Å². The van der Waals surface area contributed by atoms with Crippen LogP contribution in [0.5, 0.6) is 0 Å². The zero-order valence-electron chi connectivity index (χ0n) is 10.5. The highest BCUT2D eigenvalue weighted by Crippen LogP contribution is 2.27. The molecule has 2 N–H and O–H groups in total. The van der Waals surface area contributed by atoms with Gasteiger partial charge < -0.3 is 10.4 Å². The molecular weight excluding hydrogens is 318 g/mol. The van der Waals surface area contributed by atoms with Crippen LogP contribution < -0.4 is 5.32 Å². The smallest absolute Gasteiger partial charge is 0.311 e. The molecule has 0 radical (unpaired) electrons.